The number of hydrogen-bond donors (Lipinski definition) is 1. The fourth-order valence-electron chi connectivity index (χ4n) is 2.55. The Morgan fingerprint density at radius 3 is 2.09 bits per heavy atom. The molecule has 7 heteroatoms. The molecule has 0 atom stereocenters. The lowest BCUT2D eigenvalue weighted by Crippen LogP contribution is -2.24. The van der Waals surface area contributed by atoms with Crippen LogP contribution in [0.5, 0.6) is 0 Å². The van der Waals surface area contributed by atoms with E-state index >= 15 is 0 Å². The quantitative estimate of drug-likeness (QED) is 0.572. The zero-order valence-electron chi connectivity index (χ0n) is 10.9. The third kappa shape index (κ3) is 1.72. The van der Waals surface area contributed by atoms with Crippen molar-refractivity contribution in [3.8, 4) is 0 Å². The van der Waals surface area contributed by atoms with Crippen molar-refractivity contribution in [2.24, 2.45) is 0 Å². The van der Waals surface area contributed by atoms with Crippen LogP contribution in [-0.2, 0) is 0 Å². The predicted molar refractivity (Wildman–Crippen MR) is 73.4 cm³/mol. The van der Waals surface area contributed by atoms with Crippen molar-refractivity contribution in [2.75, 3.05) is 0 Å². The zero-order valence-corrected chi connectivity index (χ0v) is 10.9. The molecular weight excluding hydrogens is 290 g/mol. The molecule has 1 aliphatic carbocycles. The smallest absolute Gasteiger partial charge is 0.336 e. The van der Waals surface area contributed by atoms with Crippen LogP contribution in [0.4, 0.5) is 5.69 Å². The Kier molecular flexibility index (Phi) is 2.84. The minimum atomic E-state index is -1.34. The van der Waals surface area contributed by atoms with Crippen molar-refractivity contribution < 1.29 is 24.4 Å². The van der Waals surface area contributed by atoms with E-state index in [1.54, 1.807) is 0 Å². The van der Waals surface area contributed by atoms with Crippen LogP contribution in [0.1, 0.15) is 42.2 Å². The first-order valence-electron chi connectivity index (χ1n) is 6.16. The summed E-state index contributed by atoms with van der Waals surface area (Å²) in [6.07, 6.45) is 0. The summed E-state index contributed by atoms with van der Waals surface area (Å²) in [6, 6.07) is 7.54. The van der Waals surface area contributed by atoms with E-state index in [1.807, 2.05) is 0 Å². The second-order valence-electron chi connectivity index (χ2n) is 4.65. The number of hydrogen-bond acceptors (Lipinski definition) is 5. The third-order valence-corrected chi connectivity index (χ3v) is 3.48. The van der Waals surface area contributed by atoms with Gasteiger partial charge >= 0.3 is 5.97 Å². The summed E-state index contributed by atoms with van der Waals surface area (Å²) in [5, 5.41) is 20.2. The van der Waals surface area contributed by atoms with Crippen LogP contribution in [0.2, 0.25) is 0 Å². The molecule has 0 heterocycles. The molecule has 2 aromatic rings. The van der Waals surface area contributed by atoms with Crippen LogP contribution in [0.15, 0.2) is 36.4 Å². The molecule has 1 N–H and O–H groups in total. The number of nitrogens with zero attached hydrogens (tertiary/aromatic N) is 1. The normalized spacial score (nSPS) is 12.5. The van der Waals surface area contributed by atoms with Gasteiger partial charge in [-0.3, -0.25) is 19.7 Å². The summed E-state index contributed by atoms with van der Waals surface area (Å²) in [6.45, 7) is 0. The van der Waals surface area contributed by atoms with E-state index in [-0.39, 0.29) is 27.8 Å². The fraction of sp³-hybridized carbons (Fsp3) is 0. The van der Waals surface area contributed by atoms with E-state index in [4.69, 9.17) is 5.11 Å². The van der Waals surface area contributed by atoms with Gasteiger partial charge in [-0.15, -0.1) is 0 Å². The molecule has 0 spiro atoms. The second kappa shape index (κ2) is 4.59. The molecule has 0 saturated heterocycles. The summed E-state index contributed by atoms with van der Waals surface area (Å²) in [4.78, 5) is 46.6. The van der Waals surface area contributed by atoms with Crippen LogP contribution < -0.4 is 0 Å². The highest BCUT2D eigenvalue weighted by Gasteiger charge is 2.37. The number of rotatable bonds is 2. The first kappa shape index (κ1) is 13.6. The van der Waals surface area contributed by atoms with Crippen molar-refractivity contribution in [1.29, 1.82) is 0 Å². The third-order valence-electron chi connectivity index (χ3n) is 3.48. The van der Waals surface area contributed by atoms with Gasteiger partial charge in [0.15, 0.2) is 5.78 Å². The Hall–Kier alpha value is -3.35. The summed E-state index contributed by atoms with van der Waals surface area (Å²) >= 11 is 0. The molecule has 108 valence electrons. The first-order chi connectivity index (χ1) is 10.4. The molecule has 0 radical (unpaired) electrons. The SMILES string of the molecule is O=C(O)c1cccc2c1C(=O)c1cccc([N+](=O)[O-])c1C2=O. The van der Waals surface area contributed by atoms with E-state index in [9.17, 15) is 24.5 Å². The maximum Gasteiger partial charge on any atom is 0.336 e. The maximum atomic E-state index is 12.5. The predicted octanol–water partition coefficient (Wildman–Crippen LogP) is 2.07. The molecule has 2 aromatic carbocycles. The molecule has 0 amide bonds. The average Bonchev–Trinajstić information content (AvgIpc) is 2.51. The highest BCUT2D eigenvalue weighted by atomic mass is 16.6. The largest absolute Gasteiger partial charge is 0.478 e. The monoisotopic (exact) mass is 297 g/mol. The van der Waals surface area contributed by atoms with Crippen molar-refractivity contribution in [3.05, 3.63) is 74.3 Å². The number of carboxylic acid groups (broad SMARTS) is 1. The number of ketones is 2. The van der Waals surface area contributed by atoms with E-state index in [2.05, 4.69) is 0 Å². The van der Waals surface area contributed by atoms with E-state index in [1.165, 1.54) is 30.3 Å². The number of nitro benzene ring substituents is 1. The number of benzene rings is 2. The Labute approximate surface area is 123 Å². The van der Waals surface area contributed by atoms with Crippen LogP contribution in [0.3, 0.4) is 0 Å². The summed E-state index contributed by atoms with van der Waals surface area (Å²) < 4.78 is 0. The zero-order chi connectivity index (χ0) is 16.0. The molecule has 0 bridgehead atoms. The number of carbonyl (C=O) groups excluding carboxylic acids is 2. The van der Waals surface area contributed by atoms with Gasteiger partial charge in [-0.25, -0.2) is 4.79 Å². The Balaban J connectivity index is 2.38. The molecular formula is C15H7NO6. The van der Waals surface area contributed by atoms with E-state index in [0.29, 0.717) is 0 Å². The number of carbonyl (C=O) groups is 3. The summed E-state index contributed by atoms with van der Waals surface area (Å²) in [5.41, 5.74) is -1.58. The minimum absolute atomic E-state index is 0.133. The Morgan fingerprint density at radius 1 is 0.955 bits per heavy atom. The fourth-order valence-corrected chi connectivity index (χ4v) is 2.55. The standard InChI is InChI=1S/C15H7NO6/c17-13-8-4-2-6-10(16(21)22)12(8)14(18)7-3-1-5-9(11(7)13)15(19)20/h1-6H,(H,19,20). The summed E-state index contributed by atoms with van der Waals surface area (Å²) in [5.74, 6) is -2.77. The minimum Gasteiger partial charge on any atom is -0.478 e. The number of nitro groups is 1. The van der Waals surface area contributed by atoms with Crippen LogP contribution in [0, 0.1) is 10.1 Å². The highest BCUT2D eigenvalue weighted by molar-refractivity contribution is 6.31. The topological polar surface area (TPSA) is 115 Å². The molecule has 1 aliphatic rings. The first-order valence-corrected chi connectivity index (χ1v) is 6.16. The molecule has 0 saturated carbocycles. The maximum absolute atomic E-state index is 12.5. The van der Waals surface area contributed by atoms with Crippen molar-refractivity contribution in [2.45, 2.75) is 0 Å². The van der Waals surface area contributed by atoms with Gasteiger partial charge in [0.25, 0.3) is 5.69 Å². The molecule has 0 aromatic heterocycles. The van der Waals surface area contributed by atoms with Gasteiger partial charge in [0.05, 0.1) is 10.5 Å². The lowest BCUT2D eigenvalue weighted by atomic mass is 9.81. The molecule has 22 heavy (non-hydrogen) atoms. The number of carboxylic acids is 1. The highest BCUT2D eigenvalue weighted by Crippen LogP contribution is 2.34. The Morgan fingerprint density at radius 2 is 1.50 bits per heavy atom. The lowest BCUT2D eigenvalue weighted by Gasteiger charge is -2.18. The van der Waals surface area contributed by atoms with Gasteiger partial charge in [0, 0.05) is 22.8 Å². The summed E-state index contributed by atoms with van der Waals surface area (Å²) in [7, 11) is 0. The number of fused-ring (bicyclic) bond motifs is 2. The average molecular weight is 297 g/mol. The van der Waals surface area contributed by atoms with Crippen molar-refractivity contribution in [3.63, 3.8) is 0 Å². The van der Waals surface area contributed by atoms with Crippen molar-refractivity contribution in [1.82, 2.24) is 0 Å². The molecule has 3 rings (SSSR count). The lowest BCUT2D eigenvalue weighted by molar-refractivity contribution is -0.385. The molecule has 0 aliphatic heterocycles. The van der Waals surface area contributed by atoms with E-state index in [0.717, 1.165) is 6.07 Å². The van der Waals surface area contributed by atoms with Gasteiger partial charge in [-0.2, -0.15) is 0 Å². The molecule has 0 unspecified atom stereocenters. The van der Waals surface area contributed by atoms with Crippen LogP contribution in [-0.4, -0.2) is 27.6 Å². The van der Waals surface area contributed by atoms with Crippen LogP contribution >= 0.6 is 0 Å². The molecule has 7 nitrogen and oxygen atoms in total. The van der Waals surface area contributed by atoms with Gasteiger partial charge in [0.2, 0.25) is 5.78 Å². The van der Waals surface area contributed by atoms with Gasteiger partial charge in [0.1, 0.15) is 5.56 Å². The Bertz CT molecular complexity index is 810. The number of aromatic carboxylic acids is 1. The van der Waals surface area contributed by atoms with Crippen molar-refractivity contribution >= 4 is 23.2 Å². The van der Waals surface area contributed by atoms with Gasteiger partial charge < -0.3 is 5.11 Å². The molecule has 0 fully saturated rings. The van der Waals surface area contributed by atoms with Gasteiger partial charge in [-0.1, -0.05) is 18.2 Å². The second-order valence-corrected chi connectivity index (χ2v) is 4.65. The van der Waals surface area contributed by atoms with Crippen LogP contribution in [0.25, 0.3) is 0 Å². The van der Waals surface area contributed by atoms with Gasteiger partial charge in [-0.05, 0) is 12.1 Å². The van der Waals surface area contributed by atoms with E-state index < -0.39 is 28.1 Å².